The predicted molar refractivity (Wildman–Crippen MR) is 108 cm³/mol. The van der Waals surface area contributed by atoms with Crippen molar-refractivity contribution < 1.29 is 4.74 Å². The van der Waals surface area contributed by atoms with E-state index in [1.165, 1.54) is 0 Å². The van der Waals surface area contributed by atoms with Crippen LogP contribution in [0.5, 0.6) is 0 Å². The van der Waals surface area contributed by atoms with E-state index in [2.05, 4.69) is 49.1 Å². The van der Waals surface area contributed by atoms with Gasteiger partial charge in [-0.3, -0.25) is 5.10 Å². The quantitative estimate of drug-likeness (QED) is 0.676. The van der Waals surface area contributed by atoms with Crippen molar-refractivity contribution in [2.45, 2.75) is 26.1 Å². The van der Waals surface area contributed by atoms with E-state index in [4.69, 9.17) is 11.3 Å². The molecule has 2 N–H and O–H groups in total. The van der Waals surface area contributed by atoms with Crippen molar-refractivity contribution in [3.63, 3.8) is 0 Å². The first kappa shape index (κ1) is 17.9. The van der Waals surface area contributed by atoms with Gasteiger partial charge in [-0.1, -0.05) is 24.3 Å². The molecule has 0 spiro atoms. The molecule has 2 unspecified atom stereocenters. The highest BCUT2D eigenvalue weighted by Crippen LogP contribution is 2.24. The number of aromatic amines is 1. The first-order valence-electron chi connectivity index (χ1n) is 9.14. The molecule has 28 heavy (non-hydrogen) atoms. The summed E-state index contributed by atoms with van der Waals surface area (Å²) in [5.41, 5.74) is 2.44. The minimum atomic E-state index is 0.145. The van der Waals surface area contributed by atoms with Crippen molar-refractivity contribution in [2.75, 3.05) is 23.3 Å². The number of anilines is 3. The molecule has 4 rings (SSSR count). The van der Waals surface area contributed by atoms with Gasteiger partial charge in [0.2, 0.25) is 5.95 Å². The molecule has 1 aromatic carbocycles. The molecule has 1 saturated heterocycles. The van der Waals surface area contributed by atoms with Gasteiger partial charge in [-0.25, -0.2) is 9.83 Å². The highest BCUT2D eigenvalue weighted by Gasteiger charge is 2.24. The summed E-state index contributed by atoms with van der Waals surface area (Å²) in [5, 5.41) is 10.5. The van der Waals surface area contributed by atoms with Crippen LogP contribution in [-0.4, -0.2) is 45.5 Å². The molecule has 2 atom stereocenters. The van der Waals surface area contributed by atoms with Crippen LogP contribution < -0.4 is 10.2 Å². The molecule has 0 saturated carbocycles. The highest BCUT2D eigenvalue weighted by atomic mass is 16.5. The standard InChI is InChI=1S/C20H21N7O/c1-13-11-27(12-14(2)28-13)20-22-9-8-18(24-20)23-19-10-17(25-26-19)15-4-6-16(21-3)7-5-15/h4-10,13-14H,11-12H2,1-2H3,(H2,22,23,24,25,26). The van der Waals surface area contributed by atoms with Gasteiger partial charge < -0.3 is 15.0 Å². The Bertz CT molecular complexity index is 982. The fraction of sp³-hybridized carbons (Fsp3) is 0.300. The summed E-state index contributed by atoms with van der Waals surface area (Å²) in [6, 6.07) is 11.1. The third kappa shape index (κ3) is 3.94. The van der Waals surface area contributed by atoms with Crippen molar-refractivity contribution in [3.05, 3.63) is 54.0 Å². The Morgan fingerprint density at radius 3 is 2.61 bits per heavy atom. The molecular weight excluding hydrogens is 354 g/mol. The molecular formula is C20H21N7O. The smallest absolute Gasteiger partial charge is 0.227 e. The van der Waals surface area contributed by atoms with E-state index >= 15 is 0 Å². The van der Waals surface area contributed by atoms with Gasteiger partial charge in [-0.2, -0.15) is 10.1 Å². The molecule has 0 aliphatic carbocycles. The minimum absolute atomic E-state index is 0.145. The van der Waals surface area contributed by atoms with E-state index in [-0.39, 0.29) is 12.2 Å². The number of benzene rings is 1. The molecule has 1 aliphatic rings. The number of aromatic nitrogens is 4. The highest BCUT2D eigenvalue weighted by molar-refractivity contribution is 5.67. The van der Waals surface area contributed by atoms with Gasteiger partial charge in [0, 0.05) is 25.4 Å². The number of H-pyrrole nitrogens is 1. The number of ether oxygens (including phenoxy) is 1. The molecule has 3 aromatic rings. The molecule has 142 valence electrons. The fourth-order valence-corrected chi connectivity index (χ4v) is 3.29. The lowest BCUT2D eigenvalue weighted by molar-refractivity contribution is -0.00571. The van der Waals surface area contributed by atoms with Crippen LogP contribution in [0.1, 0.15) is 13.8 Å². The molecule has 0 amide bonds. The summed E-state index contributed by atoms with van der Waals surface area (Å²) in [4.78, 5) is 14.6. The Hall–Kier alpha value is -3.44. The molecule has 0 radical (unpaired) electrons. The van der Waals surface area contributed by atoms with Gasteiger partial charge >= 0.3 is 0 Å². The largest absolute Gasteiger partial charge is 0.372 e. The minimum Gasteiger partial charge on any atom is -0.372 e. The molecule has 3 heterocycles. The maximum Gasteiger partial charge on any atom is 0.227 e. The second-order valence-corrected chi connectivity index (χ2v) is 6.85. The van der Waals surface area contributed by atoms with E-state index < -0.39 is 0 Å². The monoisotopic (exact) mass is 375 g/mol. The van der Waals surface area contributed by atoms with E-state index in [0.717, 1.165) is 24.3 Å². The summed E-state index contributed by atoms with van der Waals surface area (Å²) < 4.78 is 5.78. The number of nitrogens with zero attached hydrogens (tertiary/aromatic N) is 5. The second-order valence-electron chi connectivity index (χ2n) is 6.85. The van der Waals surface area contributed by atoms with Crippen LogP contribution in [0.25, 0.3) is 16.1 Å². The van der Waals surface area contributed by atoms with Crippen molar-refractivity contribution in [3.8, 4) is 11.3 Å². The van der Waals surface area contributed by atoms with Gasteiger partial charge in [0.1, 0.15) is 5.82 Å². The van der Waals surface area contributed by atoms with Crippen LogP contribution in [0.4, 0.5) is 23.3 Å². The lowest BCUT2D eigenvalue weighted by Crippen LogP contribution is -2.46. The van der Waals surface area contributed by atoms with Crippen molar-refractivity contribution in [2.24, 2.45) is 0 Å². The number of hydrogen-bond acceptors (Lipinski definition) is 6. The van der Waals surface area contributed by atoms with Gasteiger partial charge in [-0.05, 0) is 25.5 Å². The van der Waals surface area contributed by atoms with E-state index in [0.29, 0.717) is 23.3 Å². The predicted octanol–water partition coefficient (Wildman–Crippen LogP) is 3.77. The van der Waals surface area contributed by atoms with Crippen LogP contribution in [-0.2, 0) is 4.74 Å². The summed E-state index contributed by atoms with van der Waals surface area (Å²) in [6.07, 6.45) is 2.03. The van der Waals surface area contributed by atoms with Gasteiger partial charge in [0.15, 0.2) is 11.5 Å². The lowest BCUT2D eigenvalue weighted by atomic mass is 10.1. The van der Waals surface area contributed by atoms with Crippen molar-refractivity contribution in [1.82, 2.24) is 20.2 Å². The van der Waals surface area contributed by atoms with Crippen LogP contribution in [0.3, 0.4) is 0 Å². The lowest BCUT2D eigenvalue weighted by Gasteiger charge is -2.35. The third-order valence-electron chi connectivity index (χ3n) is 4.49. The van der Waals surface area contributed by atoms with E-state index in [1.54, 1.807) is 18.3 Å². The van der Waals surface area contributed by atoms with Crippen LogP contribution in [0.15, 0.2) is 42.6 Å². The number of hydrogen-bond donors (Lipinski definition) is 2. The summed E-state index contributed by atoms with van der Waals surface area (Å²) >= 11 is 0. The molecule has 1 fully saturated rings. The van der Waals surface area contributed by atoms with Crippen molar-refractivity contribution >= 4 is 23.3 Å². The van der Waals surface area contributed by atoms with Crippen LogP contribution in [0, 0.1) is 6.57 Å². The zero-order valence-electron chi connectivity index (χ0n) is 15.8. The molecule has 1 aliphatic heterocycles. The summed E-state index contributed by atoms with van der Waals surface area (Å²) in [7, 11) is 0. The summed E-state index contributed by atoms with van der Waals surface area (Å²) in [6.45, 7) is 12.7. The number of morpholine rings is 1. The first-order chi connectivity index (χ1) is 13.6. The number of rotatable bonds is 4. The average molecular weight is 375 g/mol. The van der Waals surface area contributed by atoms with Gasteiger partial charge in [-0.15, -0.1) is 0 Å². The Labute approximate surface area is 163 Å². The molecule has 0 bridgehead atoms. The molecule has 8 heteroatoms. The Balaban J connectivity index is 1.49. The number of nitrogens with one attached hydrogen (secondary N) is 2. The maximum atomic E-state index is 7.03. The fourth-order valence-electron chi connectivity index (χ4n) is 3.29. The van der Waals surface area contributed by atoms with Crippen LogP contribution >= 0.6 is 0 Å². The first-order valence-corrected chi connectivity index (χ1v) is 9.14. The second kappa shape index (κ2) is 7.66. The molecule has 2 aromatic heterocycles. The Morgan fingerprint density at radius 2 is 1.89 bits per heavy atom. The average Bonchev–Trinajstić information content (AvgIpc) is 3.16. The normalized spacial score (nSPS) is 19.2. The third-order valence-corrected chi connectivity index (χ3v) is 4.49. The Kier molecular flexibility index (Phi) is 4.91. The zero-order chi connectivity index (χ0) is 19.5. The van der Waals surface area contributed by atoms with Crippen molar-refractivity contribution in [1.29, 1.82) is 0 Å². The van der Waals surface area contributed by atoms with Crippen LogP contribution in [0.2, 0.25) is 0 Å². The Morgan fingerprint density at radius 1 is 1.14 bits per heavy atom. The summed E-state index contributed by atoms with van der Waals surface area (Å²) in [5.74, 6) is 2.02. The van der Waals surface area contributed by atoms with Gasteiger partial charge in [0.05, 0.1) is 24.5 Å². The van der Waals surface area contributed by atoms with E-state index in [1.807, 2.05) is 24.3 Å². The molecule has 8 nitrogen and oxygen atoms in total. The maximum absolute atomic E-state index is 7.03. The van der Waals surface area contributed by atoms with E-state index in [9.17, 15) is 0 Å². The van der Waals surface area contributed by atoms with Gasteiger partial charge in [0.25, 0.3) is 0 Å². The SMILES string of the molecule is [C-]#[N+]c1ccc(-c2cc(Nc3ccnc(N4CC(C)OC(C)C4)n3)n[nH]2)cc1. The zero-order valence-corrected chi connectivity index (χ0v) is 15.8. The topological polar surface area (TPSA) is 83.3 Å².